The number of benzene rings is 2. The summed E-state index contributed by atoms with van der Waals surface area (Å²) in [6, 6.07) is 11.3. The Hall–Kier alpha value is -3.52. The average Bonchev–Trinajstić information content (AvgIpc) is 3.21. The van der Waals surface area contributed by atoms with E-state index in [1.54, 1.807) is 24.3 Å². The quantitative estimate of drug-likeness (QED) is 0.705. The highest BCUT2D eigenvalue weighted by atomic mass is 19.1. The predicted molar refractivity (Wildman–Crippen MR) is 94.0 cm³/mol. The molecule has 0 saturated heterocycles. The van der Waals surface area contributed by atoms with E-state index in [1.807, 2.05) is 19.1 Å². The Balaban J connectivity index is 1.97. The van der Waals surface area contributed by atoms with Gasteiger partial charge in [0.25, 0.3) is 0 Å². The Labute approximate surface area is 149 Å². The molecule has 0 radical (unpaired) electrons. The summed E-state index contributed by atoms with van der Waals surface area (Å²) in [5, 5.41) is 28.9. The van der Waals surface area contributed by atoms with Crippen LogP contribution < -0.4 is 0 Å². The number of phenolic OH excluding ortho intramolecular Hbond substituents is 2. The lowest BCUT2D eigenvalue weighted by Gasteiger charge is -2.17. The second-order valence-corrected chi connectivity index (χ2v) is 6.28. The molecule has 3 aromatic rings. The summed E-state index contributed by atoms with van der Waals surface area (Å²) in [5.41, 5.74) is 4.62. The molecule has 1 heterocycles. The lowest BCUT2D eigenvalue weighted by atomic mass is 9.85. The van der Waals surface area contributed by atoms with Gasteiger partial charge in [0, 0.05) is 11.5 Å². The number of hydrogen-bond donors (Lipinski definition) is 2. The maximum atomic E-state index is 13.9. The third-order valence-electron chi connectivity index (χ3n) is 4.71. The van der Waals surface area contributed by atoms with Crippen LogP contribution in [0, 0.1) is 24.1 Å². The summed E-state index contributed by atoms with van der Waals surface area (Å²) in [5.74, 6) is -1.22. The van der Waals surface area contributed by atoms with Crippen LogP contribution in [-0.4, -0.2) is 10.2 Å². The lowest BCUT2D eigenvalue weighted by molar-refractivity contribution is 0.432. The molecule has 0 saturated carbocycles. The molecule has 1 aliphatic rings. The minimum absolute atomic E-state index is 0.125. The first-order valence-electron chi connectivity index (χ1n) is 8.01. The van der Waals surface area contributed by atoms with Crippen LogP contribution >= 0.6 is 0 Å². The van der Waals surface area contributed by atoms with Gasteiger partial charge >= 0.3 is 0 Å². The van der Waals surface area contributed by atoms with Gasteiger partial charge in [0.2, 0.25) is 5.76 Å². The first-order chi connectivity index (χ1) is 12.5. The molecule has 2 aromatic carbocycles. The summed E-state index contributed by atoms with van der Waals surface area (Å²) >= 11 is 0. The molecule has 128 valence electrons. The van der Waals surface area contributed by atoms with E-state index in [-0.39, 0.29) is 17.4 Å². The number of aromatic hydroxyl groups is 2. The molecule has 0 bridgehead atoms. The normalized spacial score (nSPS) is 15.4. The average molecular weight is 347 g/mol. The third kappa shape index (κ3) is 2.35. The highest BCUT2D eigenvalue weighted by Crippen LogP contribution is 2.49. The maximum absolute atomic E-state index is 13.9. The lowest BCUT2D eigenvalue weighted by Crippen LogP contribution is -2.02. The number of fused-ring (bicyclic) bond motifs is 1. The zero-order valence-corrected chi connectivity index (χ0v) is 13.8. The van der Waals surface area contributed by atoms with Crippen LogP contribution in [-0.2, 0) is 0 Å². The first kappa shape index (κ1) is 16.0. The van der Waals surface area contributed by atoms with Crippen LogP contribution in [0.1, 0.15) is 39.5 Å². The van der Waals surface area contributed by atoms with Crippen LogP contribution in [0.5, 0.6) is 11.5 Å². The van der Waals surface area contributed by atoms with Crippen molar-refractivity contribution in [2.75, 3.05) is 0 Å². The van der Waals surface area contributed by atoms with E-state index >= 15 is 0 Å². The molecule has 1 unspecified atom stereocenters. The number of furan rings is 1. The highest BCUT2D eigenvalue weighted by molar-refractivity contribution is 5.95. The molecular weight excluding hydrogens is 333 g/mol. The maximum Gasteiger partial charge on any atom is 0.207 e. The minimum atomic E-state index is -0.717. The van der Waals surface area contributed by atoms with Crippen molar-refractivity contribution in [1.82, 2.24) is 0 Å². The van der Waals surface area contributed by atoms with E-state index in [0.29, 0.717) is 11.1 Å². The molecule has 4 nitrogen and oxygen atoms in total. The van der Waals surface area contributed by atoms with Crippen LogP contribution in [0.4, 0.5) is 4.39 Å². The number of nitriles is 1. The third-order valence-corrected chi connectivity index (χ3v) is 4.71. The SMILES string of the molecule is Cc1cc(O)cc2c1C=C(c1ccc(O)c(F)c1)C2c1ccoc1C#N. The number of nitrogens with zero attached hydrogens (tertiary/aromatic N) is 1. The zero-order valence-electron chi connectivity index (χ0n) is 13.8. The number of phenols is 2. The monoisotopic (exact) mass is 347 g/mol. The van der Waals surface area contributed by atoms with Crippen molar-refractivity contribution < 1.29 is 19.0 Å². The first-order valence-corrected chi connectivity index (χ1v) is 8.01. The van der Waals surface area contributed by atoms with E-state index in [0.717, 1.165) is 22.3 Å². The largest absolute Gasteiger partial charge is 0.508 e. The van der Waals surface area contributed by atoms with Gasteiger partial charge in [-0.25, -0.2) is 4.39 Å². The second kappa shape index (κ2) is 5.78. The number of rotatable bonds is 2. The van der Waals surface area contributed by atoms with E-state index in [9.17, 15) is 19.9 Å². The number of hydrogen-bond acceptors (Lipinski definition) is 4. The molecule has 1 aliphatic carbocycles. The smallest absolute Gasteiger partial charge is 0.207 e. The summed E-state index contributed by atoms with van der Waals surface area (Å²) in [6.45, 7) is 1.88. The van der Waals surface area contributed by atoms with Crippen molar-refractivity contribution >= 4 is 11.6 Å². The van der Waals surface area contributed by atoms with Gasteiger partial charge in [0.05, 0.1) is 6.26 Å². The van der Waals surface area contributed by atoms with Gasteiger partial charge in [-0.3, -0.25) is 0 Å². The Bertz CT molecular complexity index is 1100. The fourth-order valence-electron chi connectivity index (χ4n) is 3.56. The van der Waals surface area contributed by atoms with Gasteiger partial charge in [-0.2, -0.15) is 5.26 Å². The van der Waals surface area contributed by atoms with Gasteiger partial charge in [-0.1, -0.05) is 6.07 Å². The van der Waals surface area contributed by atoms with Crippen molar-refractivity contribution in [2.24, 2.45) is 0 Å². The van der Waals surface area contributed by atoms with Gasteiger partial charge in [-0.15, -0.1) is 0 Å². The van der Waals surface area contributed by atoms with E-state index < -0.39 is 11.6 Å². The molecule has 0 amide bonds. The molecule has 4 rings (SSSR count). The van der Waals surface area contributed by atoms with Crippen molar-refractivity contribution in [2.45, 2.75) is 12.8 Å². The summed E-state index contributed by atoms with van der Waals surface area (Å²) in [6.07, 6.45) is 3.37. The summed E-state index contributed by atoms with van der Waals surface area (Å²) in [4.78, 5) is 0. The van der Waals surface area contributed by atoms with Crippen molar-refractivity contribution in [1.29, 1.82) is 5.26 Å². The number of halogens is 1. The molecule has 26 heavy (non-hydrogen) atoms. The summed E-state index contributed by atoms with van der Waals surface area (Å²) < 4.78 is 19.2. The highest BCUT2D eigenvalue weighted by Gasteiger charge is 2.32. The number of aryl methyl sites for hydroxylation is 1. The fraction of sp³-hybridized carbons (Fsp3) is 0.0952. The Morgan fingerprint density at radius 2 is 1.92 bits per heavy atom. The molecule has 1 atom stereocenters. The fourth-order valence-corrected chi connectivity index (χ4v) is 3.56. The van der Waals surface area contributed by atoms with Crippen LogP contribution in [0.3, 0.4) is 0 Å². The summed E-state index contributed by atoms with van der Waals surface area (Å²) in [7, 11) is 0. The van der Waals surface area contributed by atoms with Crippen LogP contribution in [0.15, 0.2) is 47.1 Å². The molecule has 0 spiro atoms. The van der Waals surface area contributed by atoms with E-state index in [1.165, 1.54) is 18.4 Å². The standard InChI is InChI=1S/C21H14FNO3/c1-11-6-13(24)8-17-15(11)9-16(12-2-3-19(25)18(22)7-12)21(17)14-4-5-26-20(14)10-23/h2-9,21,24-25H,1H3. The minimum Gasteiger partial charge on any atom is -0.508 e. The van der Waals surface area contributed by atoms with Gasteiger partial charge in [0.1, 0.15) is 11.8 Å². The molecule has 5 heteroatoms. The molecular formula is C21H14FNO3. The number of allylic oxidation sites excluding steroid dienone is 1. The van der Waals surface area contributed by atoms with Crippen molar-refractivity contribution in [3.63, 3.8) is 0 Å². The van der Waals surface area contributed by atoms with Gasteiger partial charge in [0.15, 0.2) is 11.6 Å². The topological polar surface area (TPSA) is 77.4 Å². The van der Waals surface area contributed by atoms with Crippen LogP contribution in [0.2, 0.25) is 0 Å². The zero-order chi connectivity index (χ0) is 18.4. The Kier molecular flexibility index (Phi) is 3.55. The van der Waals surface area contributed by atoms with Crippen molar-refractivity contribution in [3.05, 3.63) is 82.1 Å². The Morgan fingerprint density at radius 3 is 2.65 bits per heavy atom. The molecule has 1 aromatic heterocycles. The van der Waals surface area contributed by atoms with E-state index in [4.69, 9.17) is 4.42 Å². The van der Waals surface area contributed by atoms with Crippen molar-refractivity contribution in [3.8, 4) is 17.6 Å². The molecule has 2 N–H and O–H groups in total. The van der Waals surface area contributed by atoms with Gasteiger partial charge < -0.3 is 14.6 Å². The molecule has 0 fully saturated rings. The second-order valence-electron chi connectivity index (χ2n) is 6.28. The van der Waals surface area contributed by atoms with E-state index in [2.05, 4.69) is 0 Å². The Morgan fingerprint density at radius 1 is 1.12 bits per heavy atom. The predicted octanol–water partition coefficient (Wildman–Crippen LogP) is 4.70. The van der Waals surface area contributed by atoms with Gasteiger partial charge in [-0.05, 0) is 71.2 Å². The van der Waals surface area contributed by atoms with Crippen LogP contribution in [0.25, 0.3) is 11.6 Å². The molecule has 0 aliphatic heterocycles.